The Morgan fingerprint density at radius 1 is 1.00 bits per heavy atom. The highest BCUT2D eigenvalue weighted by atomic mass is 16.5. The van der Waals surface area contributed by atoms with Crippen LogP contribution >= 0.6 is 0 Å². The lowest BCUT2D eigenvalue weighted by molar-refractivity contribution is 0.273. The lowest BCUT2D eigenvalue weighted by Gasteiger charge is -2.07. The predicted molar refractivity (Wildman–Crippen MR) is 92.2 cm³/mol. The molecule has 7 heteroatoms. The van der Waals surface area contributed by atoms with Crippen molar-refractivity contribution in [3.63, 3.8) is 0 Å². The van der Waals surface area contributed by atoms with Crippen LogP contribution in [0, 0.1) is 10.8 Å². The number of nitrogens with one attached hydrogen (secondary N) is 2. The summed E-state index contributed by atoms with van der Waals surface area (Å²) < 4.78 is 11.1. The first-order valence-electron chi connectivity index (χ1n) is 7.71. The van der Waals surface area contributed by atoms with Crippen LogP contribution in [-0.2, 0) is 0 Å². The van der Waals surface area contributed by atoms with Gasteiger partial charge in [0, 0.05) is 11.8 Å². The number of nitrogen functional groups attached to an aromatic ring is 1. The summed E-state index contributed by atoms with van der Waals surface area (Å²) in [6.45, 7) is 1.21. The second-order valence-electron chi connectivity index (χ2n) is 5.12. The zero-order valence-corrected chi connectivity index (χ0v) is 13.4. The second-order valence-corrected chi connectivity index (χ2v) is 5.12. The Labute approximate surface area is 140 Å². The standard InChI is InChI=1S/C17H21N5O2/c18-10-14-11-22-16(12-21-14)24-9-3-1-2-8-23-15-6-4-13(5-7-15)17(19)20/h4-7,10-12,18H,1-3,8-9H2,(H3,19,20). The van der Waals surface area contributed by atoms with Crippen LogP contribution < -0.4 is 15.2 Å². The molecule has 4 N–H and O–H groups in total. The molecule has 0 bridgehead atoms. The molecule has 0 aliphatic rings. The van der Waals surface area contributed by atoms with Gasteiger partial charge >= 0.3 is 0 Å². The molecule has 0 saturated heterocycles. The van der Waals surface area contributed by atoms with Crippen molar-refractivity contribution in [3.05, 3.63) is 47.9 Å². The van der Waals surface area contributed by atoms with E-state index in [1.807, 2.05) is 12.1 Å². The van der Waals surface area contributed by atoms with E-state index in [0.29, 0.717) is 30.4 Å². The molecule has 1 heterocycles. The van der Waals surface area contributed by atoms with E-state index in [2.05, 4.69) is 9.97 Å². The van der Waals surface area contributed by atoms with Crippen LogP contribution in [0.5, 0.6) is 11.6 Å². The van der Waals surface area contributed by atoms with Crippen LogP contribution in [-0.4, -0.2) is 35.2 Å². The number of rotatable bonds is 10. The zero-order valence-electron chi connectivity index (χ0n) is 13.4. The molecular weight excluding hydrogens is 306 g/mol. The maximum absolute atomic E-state index is 7.33. The van der Waals surface area contributed by atoms with Crippen molar-refractivity contribution in [3.8, 4) is 11.6 Å². The fraction of sp³-hybridized carbons (Fsp3) is 0.294. The summed E-state index contributed by atoms with van der Waals surface area (Å²) in [5.74, 6) is 1.30. The molecule has 24 heavy (non-hydrogen) atoms. The van der Waals surface area contributed by atoms with Gasteiger partial charge in [-0.3, -0.25) is 5.41 Å². The molecule has 126 valence electrons. The minimum Gasteiger partial charge on any atom is -0.494 e. The van der Waals surface area contributed by atoms with Gasteiger partial charge < -0.3 is 20.6 Å². The topological polar surface area (TPSA) is 118 Å². The number of hydrogen-bond acceptors (Lipinski definition) is 6. The van der Waals surface area contributed by atoms with E-state index in [-0.39, 0.29) is 5.84 Å². The number of nitrogens with zero attached hydrogens (tertiary/aromatic N) is 2. The van der Waals surface area contributed by atoms with Crippen LogP contribution in [0.2, 0.25) is 0 Å². The highest BCUT2D eigenvalue weighted by Gasteiger charge is 1.99. The van der Waals surface area contributed by atoms with Crippen molar-refractivity contribution in [2.45, 2.75) is 19.3 Å². The average molecular weight is 327 g/mol. The molecule has 0 atom stereocenters. The van der Waals surface area contributed by atoms with Crippen LogP contribution in [0.4, 0.5) is 0 Å². The molecule has 0 aliphatic carbocycles. The van der Waals surface area contributed by atoms with Crippen molar-refractivity contribution in [1.29, 1.82) is 10.8 Å². The van der Waals surface area contributed by atoms with E-state index >= 15 is 0 Å². The average Bonchev–Trinajstić information content (AvgIpc) is 2.62. The Balaban J connectivity index is 1.56. The molecule has 2 rings (SSSR count). The third kappa shape index (κ3) is 5.68. The van der Waals surface area contributed by atoms with Gasteiger partial charge in [0.1, 0.15) is 11.6 Å². The van der Waals surface area contributed by atoms with E-state index < -0.39 is 0 Å². The van der Waals surface area contributed by atoms with Gasteiger partial charge in [0.15, 0.2) is 0 Å². The summed E-state index contributed by atoms with van der Waals surface area (Å²) in [6, 6.07) is 7.18. The first kappa shape index (κ1) is 17.4. The van der Waals surface area contributed by atoms with Gasteiger partial charge in [-0.05, 0) is 43.5 Å². The second kappa shape index (κ2) is 9.24. The molecule has 0 fully saturated rings. The minimum atomic E-state index is 0.0544. The number of hydrogen-bond donors (Lipinski definition) is 3. The predicted octanol–water partition coefficient (Wildman–Crippen LogP) is 2.39. The minimum absolute atomic E-state index is 0.0544. The molecule has 0 unspecified atom stereocenters. The van der Waals surface area contributed by atoms with E-state index in [4.69, 9.17) is 26.0 Å². The van der Waals surface area contributed by atoms with E-state index in [1.165, 1.54) is 12.4 Å². The molecule has 0 spiro atoms. The number of nitrogens with two attached hydrogens (primary N) is 1. The Kier molecular flexibility index (Phi) is 6.70. The molecule has 0 amide bonds. The first-order valence-corrected chi connectivity index (χ1v) is 7.71. The Bertz CT molecular complexity index is 656. The summed E-state index contributed by atoms with van der Waals surface area (Å²) in [4.78, 5) is 8.06. The van der Waals surface area contributed by atoms with Gasteiger partial charge in [0.2, 0.25) is 5.88 Å². The first-order chi connectivity index (χ1) is 11.7. The Hall–Kier alpha value is -2.96. The Morgan fingerprint density at radius 2 is 1.71 bits per heavy atom. The molecule has 1 aromatic heterocycles. The number of aromatic nitrogens is 2. The van der Waals surface area contributed by atoms with Crippen molar-refractivity contribution >= 4 is 12.1 Å². The quantitative estimate of drug-likeness (QED) is 0.352. The number of ether oxygens (including phenoxy) is 2. The molecule has 1 aromatic carbocycles. The SMILES string of the molecule is N=Cc1cnc(OCCCCCOc2ccc(C(=N)N)cc2)cn1. The fourth-order valence-electron chi connectivity index (χ4n) is 1.95. The molecule has 0 aliphatic heterocycles. The number of amidine groups is 1. The van der Waals surface area contributed by atoms with Crippen LogP contribution in [0.15, 0.2) is 36.7 Å². The molecule has 2 aromatic rings. The normalized spacial score (nSPS) is 10.2. The van der Waals surface area contributed by atoms with Gasteiger partial charge in [-0.2, -0.15) is 0 Å². The number of unbranched alkanes of at least 4 members (excludes halogenated alkanes) is 2. The smallest absolute Gasteiger partial charge is 0.232 e. The molecule has 7 nitrogen and oxygen atoms in total. The lowest BCUT2D eigenvalue weighted by Crippen LogP contribution is -2.10. The van der Waals surface area contributed by atoms with Gasteiger partial charge in [-0.15, -0.1) is 0 Å². The highest BCUT2D eigenvalue weighted by Crippen LogP contribution is 2.12. The van der Waals surface area contributed by atoms with Crippen LogP contribution in [0.1, 0.15) is 30.5 Å². The summed E-state index contributed by atoms with van der Waals surface area (Å²) in [6.07, 6.45) is 6.99. The summed E-state index contributed by atoms with van der Waals surface area (Å²) >= 11 is 0. The van der Waals surface area contributed by atoms with Gasteiger partial charge in [0.25, 0.3) is 0 Å². The maximum atomic E-state index is 7.33. The molecular formula is C17H21N5O2. The largest absolute Gasteiger partial charge is 0.494 e. The van der Waals surface area contributed by atoms with Gasteiger partial charge in [-0.25, -0.2) is 9.97 Å². The van der Waals surface area contributed by atoms with Crippen molar-refractivity contribution in [2.24, 2.45) is 5.73 Å². The van der Waals surface area contributed by atoms with Crippen molar-refractivity contribution in [2.75, 3.05) is 13.2 Å². The van der Waals surface area contributed by atoms with Crippen molar-refractivity contribution in [1.82, 2.24) is 9.97 Å². The van der Waals surface area contributed by atoms with Crippen molar-refractivity contribution < 1.29 is 9.47 Å². The number of benzene rings is 1. The van der Waals surface area contributed by atoms with Crippen LogP contribution in [0.3, 0.4) is 0 Å². The summed E-state index contributed by atoms with van der Waals surface area (Å²) in [5, 5.41) is 14.4. The van der Waals surface area contributed by atoms with E-state index in [1.54, 1.807) is 12.1 Å². The lowest BCUT2D eigenvalue weighted by atomic mass is 10.2. The molecule has 0 radical (unpaired) electrons. The Morgan fingerprint density at radius 3 is 2.29 bits per heavy atom. The van der Waals surface area contributed by atoms with E-state index in [9.17, 15) is 0 Å². The van der Waals surface area contributed by atoms with E-state index in [0.717, 1.165) is 31.2 Å². The van der Waals surface area contributed by atoms with Gasteiger partial charge in [-0.1, -0.05) is 0 Å². The third-order valence-corrected chi connectivity index (χ3v) is 3.27. The molecule has 0 saturated carbocycles. The van der Waals surface area contributed by atoms with Crippen LogP contribution in [0.25, 0.3) is 0 Å². The monoisotopic (exact) mass is 327 g/mol. The summed E-state index contributed by atoms with van der Waals surface area (Å²) in [5.41, 5.74) is 6.60. The van der Waals surface area contributed by atoms with Gasteiger partial charge in [0.05, 0.1) is 31.3 Å². The maximum Gasteiger partial charge on any atom is 0.232 e. The zero-order chi connectivity index (χ0) is 17.2. The fourth-order valence-corrected chi connectivity index (χ4v) is 1.95. The summed E-state index contributed by atoms with van der Waals surface area (Å²) in [7, 11) is 0. The highest BCUT2D eigenvalue weighted by molar-refractivity contribution is 5.94. The third-order valence-electron chi connectivity index (χ3n) is 3.27.